The number of carbonyl (C=O) groups excluding carboxylic acids is 2. The third kappa shape index (κ3) is 4.91. The first-order valence-corrected chi connectivity index (χ1v) is 11.5. The maximum Gasteiger partial charge on any atom is 0.164 e. The lowest BCUT2D eigenvalue weighted by molar-refractivity contribution is 0.0974. The minimum Gasteiger partial charge on any atom is -0.294 e. The Kier molecular flexibility index (Phi) is 7.45. The molecule has 0 saturated carbocycles. The Hall–Kier alpha value is -3.00. The normalized spacial score (nSPS) is 12.9. The molecule has 0 spiro atoms. The van der Waals surface area contributed by atoms with E-state index in [1.165, 1.54) is 0 Å². The molecule has 3 rings (SSSR count). The Morgan fingerprint density at radius 3 is 1.25 bits per heavy atom. The van der Waals surface area contributed by atoms with E-state index in [0.717, 1.165) is 44.5 Å². The highest BCUT2D eigenvalue weighted by Crippen LogP contribution is 2.32. The smallest absolute Gasteiger partial charge is 0.164 e. The highest BCUT2D eigenvalue weighted by Gasteiger charge is 2.25. The monoisotopic (exact) mass is 426 g/mol. The van der Waals surface area contributed by atoms with Crippen LogP contribution in [-0.2, 0) is 0 Å². The molecule has 0 amide bonds. The van der Waals surface area contributed by atoms with Gasteiger partial charge < -0.3 is 0 Å². The molecule has 3 aromatic carbocycles. The van der Waals surface area contributed by atoms with Gasteiger partial charge in [-0.05, 0) is 72.9 Å². The van der Waals surface area contributed by atoms with Crippen LogP contribution in [0.3, 0.4) is 0 Å². The van der Waals surface area contributed by atoms with Gasteiger partial charge in [0.15, 0.2) is 11.6 Å². The molecule has 32 heavy (non-hydrogen) atoms. The molecule has 0 heterocycles. The molecule has 0 fully saturated rings. The second kappa shape index (κ2) is 10.1. The van der Waals surface area contributed by atoms with E-state index in [1.54, 1.807) is 0 Å². The van der Waals surface area contributed by atoms with E-state index in [2.05, 4.69) is 38.1 Å². The molecule has 0 N–H and O–H groups in total. The summed E-state index contributed by atoms with van der Waals surface area (Å²) in [6.07, 6.45) is 0.866. The van der Waals surface area contributed by atoms with Crippen molar-refractivity contribution in [3.63, 3.8) is 0 Å². The Morgan fingerprint density at radius 2 is 0.906 bits per heavy atom. The fraction of sp³-hybridized carbons (Fsp3) is 0.333. The molecular formula is C30H34O2. The summed E-state index contributed by atoms with van der Waals surface area (Å²) in [4.78, 5) is 26.9. The first-order valence-electron chi connectivity index (χ1n) is 11.5. The molecule has 2 atom stereocenters. The van der Waals surface area contributed by atoms with Crippen molar-refractivity contribution in [2.75, 3.05) is 0 Å². The summed E-state index contributed by atoms with van der Waals surface area (Å²) in [5, 5.41) is 0. The molecule has 0 aliphatic heterocycles. The van der Waals surface area contributed by atoms with Gasteiger partial charge in [-0.1, -0.05) is 74.5 Å². The fourth-order valence-corrected chi connectivity index (χ4v) is 4.74. The van der Waals surface area contributed by atoms with Crippen LogP contribution in [0.4, 0.5) is 0 Å². The van der Waals surface area contributed by atoms with Crippen molar-refractivity contribution in [3.8, 4) is 0 Å². The number of benzene rings is 3. The Morgan fingerprint density at radius 1 is 0.562 bits per heavy atom. The molecule has 166 valence electrons. The van der Waals surface area contributed by atoms with Gasteiger partial charge in [-0.15, -0.1) is 0 Å². The maximum atomic E-state index is 13.4. The van der Waals surface area contributed by atoms with Crippen molar-refractivity contribution in [1.82, 2.24) is 0 Å². The van der Waals surface area contributed by atoms with Crippen LogP contribution < -0.4 is 0 Å². The Bertz CT molecular complexity index is 1020. The molecule has 2 unspecified atom stereocenters. The van der Waals surface area contributed by atoms with E-state index in [-0.39, 0.29) is 23.4 Å². The van der Waals surface area contributed by atoms with Gasteiger partial charge in [0.1, 0.15) is 0 Å². The van der Waals surface area contributed by atoms with Crippen molar-refractivity contribution in [2.45, 2.75) is 66.2 Å². The molecule has 0 bridgehead atoms. The predicted molar refractivity (Wildman–Crippen MR) is 133 cm³/mol. The van der Waals surface area contributed by atoms with E-state index in [1.807, 2.05) is 64.1 Å². The van der Waals surface area contributed by atoms with Gasteiger partial charge >= 0.3 is 0 Å². The van der Waals surface area contributed by atoms with E-state index >= 15 is 0 Å². The van der Waals surface area contributed by atoms with Crippen LogP contribution >= 0.6 is 0 Å². The molecule has 0 radical (unpaired) electrons. The second-order valence-corrected chi connectivity index (χ2v) is 9.13. The quantitative estimate of drug-likeness (QED) is 0.346. The average Bonchev–Trinajstić information content (AvgIpc) is 2.78. The molecule has 3 aromatic rings. The zero-order valence-corrected chi connectivity index (χ0v) is 20.2. The van der Waals surface area contributed by atoms with E-state index < -0.39 is 0 Å². The lowest BCUT2D eigenvalue weighted by Gasteiger charge is -2.21. The standard InChI is InChI=1S/C30H34O2/c1-19(25-13-9-7-10-14-25)17-27(31)29-22(4)21(3)23(5)30(24(29)6)28(32)18-20(2)26-15-11-8-12-16-26/h7-16,19-20H,17-18H2,1-6H3. The van der Waals surface area contributed by atoms with Crippen LogP contribution in [-0.4, -0.2) is 11.6 Å². The van der Waals surface area contributed by atoms with E-state index in [9.17, 15) is 9.59 Å². The van der Waals surface area contributed by atoms with Crippen molar-refractivity contribution in [1.29, 1.82) is 0 Å². The topological polar surface area (TPSA) is 34.1 Å². The van der Waals surface area contributed by atoms with E-state index in [0.29, 0.717) is 12.8 Å². The maximum absolute atomic E-state index is 13.4. The number of hydrogen-bond donors (Lipinski definition) is 0. The third-order valence-corrected chi connectivity index (χ3v) is 6.90. The van der Waals surface area contributed by atoms with Crippen LogP contribution in [0.15, 0.2) is 60.7 Å². The third-order valence-electron chi connectivity index (χ3n) is 6.90. The summed E-state index contributed by atoms with van der Waals surface area (Å²) in [5.74, 6) is 0.483. The predicted octanol–water partition coefficient (Wildman–Crippen LogP) is 7.67. The number of rotatable bonds is 8. The summed E-state index contributed by atoms with van der Waals surface area (Å²) in [7, 11) is 0. The van der Waals surface area contributed by atoms with Crippen LogP contribution in [0.25, 0.3) is 0 Å². The minimum absolute atomic E-state index is 0.115. The largest absolute Gasteiger partial charge is 0.294 e. The van der Waals surface area contributed by atoms with Gasteiger partial charge in [0.2, 0.25) is 0 Å². The fourth-order valence-electron chi connectivity index (χ4n) is 4.74. The number of carbonyl (C=O) groups is 2. The summed E-state index contributed by atoms with van der Waals surface area (Å²) in [6.45, 7) is 12.2. The number of ketones is 2. The number of Topliss-reactive ketones (excluding diaryl/α,β-unsaturated/α-hetero) is 2. The van der Waals surface area contributed by atoms with E-state index in [4.69, 9.17) is 0 Å². The SMILES string of the molecule is Cc1c(C)c(C(=O)CC(C)c2ccccc2)c(C)c(C(=O)CC(C)c2ccccc2)c1C. The van der Waals surface area contributed by atoms with Crippen molar-refractivity contribution >= 4 is 11.6 Å². The van der Waals surface area contributed by atoms with Crippen LogP contribution in [0, 0.1) is 27.7 Å². The van der Waals surface area contributed by atoms with Crippen LogP contribution in [0.2, 0.25) is 0 Å². The number of hydrogen-bond acceptors (Lipinski definition) is 2. The Balaban J connectivity index is 1.93. The van der Waals surface area contributed by atoms with Crippen molar-refractivity contribution < 1.29 is 9.59 Å². The van der Waals surface area contributed by atoms with Gasteiger partial charge in [-0.3, -0.25) is 9.59 Å². The van der Waals surface area contributed by atoms with Crippen molar-refractivity contribution in [2.24, 2.45) is 0 Å². The molecule has 0 aliphatic carbocycles. The molecule has 0 aliphatic rings. The van der Waals surface area contributed by atoms with Crippen LogP contribution in [0.5, 0.6) is 0 Å². The minimum atomic E-state index is 0.115. The summed E-state index contributed by atoms with van der Waals surface area (Å²) in [5.41, 5.74) is 7.65. The van der Waals surface area contributed by atoms with Gasteiger partial charge in [0.25, 0.3) is 0 Å². The zero-order valence-electron chi connectivity index (χ0n) is 20.2. The lowest BCUT2D eigenvalue weighted by Crippen LogP contribution is -2.16. The molecule has 0 aromatic heterocycles. The van der Waals surface area contributed by atoms with Gasteiger partial charge in [0.05, 0.1) is 0 Å². The average molecular weight is 427 g/mol. The van der Waals surface area contributed by atoms with Gasteiger partial charge in [-0.25, -0.2) is 0 Å². The summed E-state index contributed by atoms with van der Waals surface area (Å²) in [6, 6.07) is 20.3. The highest BCUT2D eigenvalue weighted by atomic mass is 16.1. The molecule has 0 saturated heterocycles. The Labute approximate surface area is 192 Å². The van der Waals surface area contributed by atoms with Crippen LogP contribution in [0.1, 0.15) is 92.6 Å². The lowest BCUT2D eigenvalue weighted by atomic mass is 9.81. The first kappa shape index (κ1) is 23.7. The first-order chi connectivity index (χ1) is 15.2. The summed E-state index contributed by atoms with van der Waals surface area (Å²) < 4.78 is 0. The summed E-state index contributed by atoms with van der Waals surface area (Å²) >= 11 is 0. The van der Waals surface area contributed by atoms with Gasteiger partial charge in [-0.2, -0.15) is 0 Å². The second-order valence-electron chi connectivity index (χ2n) is 9.13. The van der Waals surface area contributed by atoms with Crippen molar-refractivity contribution in [3.05, 3.63) is 105 Å². The molecule has 2 nitrogen and oxygen atoms in total. The zero-order chi connectivity index (χ0) is 23.4. The highest BCUT2D eigenvalue weighted by molar-refractivity contribution is 6.06. The molecule has 2 heteroatoms. The molecular weight excluding hydrogens is 392 g/mol. The van der Waals surface area contributed by atoms with Gasteiger partial charge in [0, 0.05) is 24.0 Å².